The molecule has 0 saturated heterocycles. The van der Waals surface area contributed by atoms with E-state index in [-0.39, 0.29) is 29.7 Å². The Morgan fingerprint density at radius 3 is 2.28 bits per heavy atom. The zero-order chi connectivity index (χ0) is 23.7. The summed E-state index contributed by atoms with van der Waals surface area (Å²) in [5.41, 5.74) is 2.02. The predicted octanol–water partition coefficient (Wildman–Crippen LogP) is 2.95. The highest BCUT2D eigenvalue weighted by Crippen LogP contribution is 2.17. The molecular weight excluding hydrogens is 426 g/mol. The van der Waals surface area contributed by atoms with Crippen molar-refractivity contribution < 1.29 is 18.0 Å². The van der Waals surface area contributed by atoms with Crippen molar-refractivity contribution in [3.63, 3.8) is 0 Å². The van der Waals surface area contributed by atoms with Crippen LogP contribution in [0.3, 0.4) is 0 Å². The van der Waals surface area contributed by atoms with Crippen LogP contribution in [0.4, 0.5) is 0 Å². The normalized spacial score (nSPS) is 12.4. The molecule has 174 valence electrons. The molecule has 7 nitrogen and oxygen atoms in total. The van der Waals surface area contributed by atoms with Crippen molar-refractivity contribution in [2.75, 3.05) is 20.1 Å². The molecule has 1 N–H and O–H groups in total. The zero-order valence-electron chi connectivity index (χ0n) is 19.2. The number of amides is 2. The Kier molecular flexibility index (Phi) is 9.41. The van der Waals surface area contributed by atoms with Gasteiger partial charge in [-0.1, -0.05) is 42.5 Å². The van der Waals surface area contributed by atoms with Crippen molar-refractivity contribution in [3.05, 3.63) is 65.7 Å². The standard InChI is InChI=1S/C24H33N3O4S/c1-5-25-24(29)20(3)27(18-21-13-10-9-12-19(21)2)23(28)16-11-17-26(4)32(30,31)22-14-7-6-8-15-22/h6-10,12-15,20H,5,11,16-18H2,1-4H3,(H,25,29)/t20-/m1/s1. The van der Waals surface area contributed by atoms with Gasteiger partial charge in [0.15, 0.2) is 0 Å². The molecule has 2 aromatic carbocycles. The number of nitrogens with one attached hydrogen (secondary N) is 1. The lowest BCUT2D eigenvalue weighted by molar-refractivity contribution is -0.140. The summed E-state index contributed by atoms with van der Waals surface area (Å²) in [5.74, 6) is -0.393. The summed E-state index contributed by atoms with van der Waals surface area (Å²) in [5, 5.41) is 2.77. The van der Waals surface area contributed by atoms with Gasteiger partial charge in [-0.3, -0.25) is 9.59 Å². The van der Waals surface area contributed by atoms with Crippen LogP contribution in [0.1, 0.15) is 37.8 Å². The molecule has 0 radical (unpaired) electrons. The minimum absolute atomic E-state index is 0.143. The molecule has 2 rings (SSSR count). The Morgan fingerprint density at radius 1 is 1.03 bits per heavy atom. The number of likely N-dealkylation sites (N-methyl/N-ethyl adjacent to an activating group) is 1. The average Bonchev–Trinajstić information content (AvgIpc) is 2.78. The van der Waals surface area contributed by atoms with Gasteiger partial charge in [0, 0.05) is 33.1 Å². The third-order valence-corrected chi connectivity index (χ3v) is 7.31. The molecule has 0 heterocycles. The first-order valence-corrected chi connectivity index (χ1v) is 12.3. The Hall–Kier alpha value is -2.71. The summed E-state index contributed by atoms with van der Waals surface area (Å²) in [6, 6.07) is 15.3. The highest BCUT2D eigenvalue weighted by molar-refractivity contribution is 7.89. The van der Waals surface area contributed by atoms with Crippen LogP contribution in [0.25, 0.3) is 0 Å². The van der Waals surface area contributed by atoms with Crippen molar-refractivity contribution in [3.8, 4) is 0 Å². The third kappa shape index (κ3) is 6.64. The van der Waals surface area contributed by atoms with Crippen molar-refractivity contribution in [2.24, 2.45) is 0 Å². The number of hydrogen-bond donors (Lipinski definition) is 1. The Labute approximate surface area is 191 Å². The van der Waals surface area contributed by atoms with Gasteiger partial charge in [-0.2, -0.15) is 0 Å². The monoisotopic (exact) mass is 459 g/mol. The first-order valence-electron chi connectivity index (χ1n) is 10.8. The van der Waals surface area contributed by atoms with Gasteiger partial charge in [-0.25, -0.2) is 12.7 Å². The maximum absolute atomic E-state index is 13.1. The highest BCUT2D eigenvalue weighted by atomic mass is 32.2. The molecule has 0 fully saturated rings. The number of carbonyl (C=O) groups is 2. The lowest BCUT2D eigenvalue weighted by Gasteiger charge is -2.29. The minimum Gasteiger partial charge on any atom is -0.355 e. The Balaban J connectivity index is 2.07. The number of aryl methyl sites for hydroxylation is 1. The van der Waals surface area contributed by atoms with Crippen LogP contribution in [0.2, 0.25) is 0 Å². The van der Waals surface area contributed by atoms with Crippen LogP contribution in [-0.2, 0) is 26.2 Å². The fourth-order valence-electron chi connectivity index (χ4n) is 3.36. The largest absolute Gasteiger partial charge is 0.355 e. The summed E-state index contributed by atoms with van der Waals surface area (Å²) in [6.45, 7) is 6.53. The number of nitrogens with zero attached hydrogens (tertiary/aromatic N) is 2. The molecule has 8 heteroatoms. The van der Waals surface area contributed by atoms with Crippen LogP contribution >= 0.6 is 0 Å². The van der Waals surface area contributed by atoms with Gasteiger partial charge in [-0.15, -0.1) is 0 Å². The lowest BCUT2D eigenvalue weighted by atomic mass is 10.1. The average molecular weight is 460 g/mol. The number of sulfonamides is 1. The van der Waals surface area contributed by atoms with Gasteiger partial charge in [0.1, 0.15) is 6.04 Å². The number of carbonyl (C=O) groups excluding carboxylic acids is 2. The van der Waals surface area contributed by atoms with E-state index in [2.05, 4.69) is 5.32 Å². The van der Waals surface area contributed by atoms with Gasteiger partial charge >= 0.3 is 0 Å². The van der Waals surface area contributed by atoms with E-state index in [0.29, 0.717) is 19.5 Å². The molecule has 0 spiro atoms. The number of rotatable bonds is 11. The van der Waals surface area contributed by atoms with E-state index in [0.717, 1.165) is 11.1 Å². The molecule has 2 aromatic rings. The summed E-state index contributed by atoms with van der Waals surface area (Å²) < 4.78 is 26.6. The van der Waals surface area contributed by atoms with E-state index in [4.69, 9.17) is 0 Å². The van der Waals surface area contributed by atoms with Crippen LogP contribution in [-0.4, -0.2) is 55.6 Å². The molecule has 0 unspecified atom stereocenters. The third-order valence-electron chi connectivity index (χ3n) is 5.44. The molecule has 0 aliphatic rings. The second kappa shape index (κ2) is 11.8. The van der Waals surface area contributed by atoms with Gasteiger partial charge in [0.05, 0.1) is 4.90 Å². The lowest BCUT2D eigenvalue weighted by Crippen LogP contribution is -2.47. The minimum atomic E-state index is -3.60. The number of benzene rings is 2. The van der Waals surface area contributed by atoms with Crippen LogP contribution in [0.5, 0.6) is 0 Å². The van der Waals surface area contributed by atoms with Crippen molar-refractivity contribution in [1.82, 2.24) is 14.5 Å². The van der Waals surface area contributed by atoms with Crippen molar-refractivity contribution in [1.29, 1.82) is 0 Å². The predicted molar refractivity (Wildman–Crippen MR) is 125 cm³/mol. The quantitative estimate of drug-likeness (QED) is 0.560. The zero-order valence-corrected chi connectivity index (χ0v) is 20.1. The fraction of sp³-hybridized carbons (Fsp3) is 0.417. The van der Waals surface area contributed by atoms with E-state index in [1.165, 1.54) is 11.4 Å². The molecule has 0 aliphatic carbocycles. The van der Waals surface area contributed by atoms with Crippen molar-refractivity contribution >= 4 is 21.8 Å². The maximum atomic E-state index is 13.1. The molecule has 0 bridgehead atoms. The molecular formula is C24H33N3O4S. The van der Waals surface area contributed by atoms with Crippen LogP contribution in [0.15, 0.2) is 59.5 Å². The van der Waals surface area contributed by atoms with E-state index in [1.54, 1.807) is 42.2 Å². The molecule has 0 saturated carbocycles. The Bertz CT molecular complexity index is 1010. The second-order valence-electron chi connectivity index (χ2n) is 7.76. The second-order valence-corrected chi connectivity index (χ2v) is 9.81. The molecule has 0 aromatic heterocycles. The SMILES string of the molecule is CCNC(=O)[C@@H](C)N(Cc1ccccc1C)C(=O)CCCN(C)S(=O)(=O)c1ccccc1. The summed E-state index contributed by atoms with van der Waals surface area (Å²) >= 11 is 0. The van der Waals surface area contributed by atoms with Crippen LogP contribution < -0.4 is 5.32 Å². The van der Waals surface area contributed by atoms with E-state index >= 15 is 0 Å². The smallest absolute Gasteiger partial charge is 0.242 e. The molecule has 32 heavy (non-hydrogen) atoms. The fourth-order valence-corrected chi connectivity index (χ4v) is 4.60. The van der Waals surface area contributed by atoms with Gasteiger partial charge < -0.3 is 10.2 Å². The van der Waals surface area contributed by atoms with E-state index in [9.17, 15) is 18.0 Å². The highest BCUT2D eigenvalue weighted by Gasteiger charge is 2.26. The van der Waals surface area contributed by atoms with E-state index in [1.807, 2.05) is 38.1 Å². The van der Waals surface area contributed by atoms with Gasteiger partial charge in [0.2, 0.25) is 21.8 Å². The van der Waals surface area contributed by atoms with E-state index < -0.39 is 16.1 Å². The molecule has 0 aliphatic heterocycles. The first-order chi connectivity index (χ1) is 15.2. The van der Waals surface area contributed by atoms with Crippen LogP contribution in [0, 0.1) is 6.92 Å². The number of hydrogen-bond acceptors (Lipinski definition) is 4. The molecule has 1 atom stereocenters. The summed E-state index contributed by atoms with van der Waals surface area (Å²) in [6.07, 6.45) is 0.498. The Morgan fingerprint density at radius 2 is 1.66 bits per heavy atom. The van der Waals surface area contributed by atoms with Gasteiger partial charge in [0.25, 0.3) is 0 Å². The maximum Gasteiger partial charge on any atom is 0.242 e. The topological polar surface area (TPSA) is 86.8 Å². The van der Waals surface area contributed by atoms with Gasteiger partial charge in [-0.05, 0) is 50.5 Å². The summed E-state index contributed by atoms with van der Waals surface area (Å²) in [4.78, 5) is 27.3. The first kappa shape index (κ1) is 25.5. The van der Waals surface area contributed by atoms with Crippen molar-refractivity contribution in [2.45, 2.75) is 51.1 Å². The molecule has 2 amide bonds. The summed E-state index contributed by atoms with van der Waals surface area (Å²) in [7, 11) is -2.09.